The number of aliphatic hydroxyl groups is 1. The lowest BCUT2D eigenvalue weighted by Crippen LogP contribution is -2.43. The minimum absolute atomic E-state index is 0.0580. The van der Waals surface area contributed by atoms with Crippen LogP contribution in [0.3, 0.4) is 0 Å². The molecule has 0 bridgehead atoms. The lowest BCUT2D eigenvalue weighted by atomic mass is 9.95. The second-order valence-electron chi connectivity index (χ2n) is 8.63. The highest BCUT2D eigenvalue weighted by atomic mass is 79.9. The zero-order chi connectivity index (χ0) is 21.6. The fourth-order valence-electron chi connectivity index (χ4n) is 5.04. The maximum Gasteiger partial charge on any atom is 0.319 e. The Morgan fingerprint density at radius 3 is 3.03 bits per heavy atom. The molecule has 1 aromatic heterocycles. The molecule has 4 heterocycles. The quantitative estimate of drug-likeness (QED) is 0.694. The van der Waals surface area contributed by atoms with Crippen molar-refractivity contribution in [1.29, 1.82) is 0 Å². The molecule has 1 aromatic carbocycles. The van der Waals surface area contributed by atoms with Crippen LogP contribution in [0.25, 0.3) is 10.9 Å². The van der Waals surface area contributed by atoms with Gasteiger partial charge in [0.1, 0.15) is 24.1 Å². The van der Waals surface area contributed by atoms with Crippen molar-refractivity contribution < 1.29 is 23.4 Å². The Morgan fingerprint density at radius 2 is 2.16 bits per heavy atom. The van der Waals surface area contributed by atoms with E-state index in [4.69, 9.17) is 9.47 Å². The number of hydrogen-bond donors (Lipinski definition) is 1. The minimum atomic E-state index is -0.857. The molecule has 0 saturated carbocycles. The molecule has 3 atom stereocenters. The zero-order valence-corrected chi connectivity index (χ0v) is 18.7. The van der Waals surface area contributed by atoms with Crippen LogP contribution in [0.1, 0.15) is 19.3 Å². The number of ether oxygens (including phenoxy) is 2. The molecule has 0 aliphatic carbocycles. The molecule has 3 aliphatic rings. The third-order valence-electron chi connectivity index (χ3n) is 6.50. The van der Waals surface area contributed by atoms with Gasteiger partial charge in [0.2, 0.25) is 0 Å². The summed E-state index contributed by atoms with van der Waals surface area (Å²) in [5, 5.41) is 10.7. The molecule has 0 spiro atoms. The van der Waals surface area contributed by atoms with Crippen LogP contribution in [0.4, 0.5) is 14.6 Å². The largest absolute Gasteiger partial charge is 0.461 e. The van der Waals surface area contributed by atoms with Crippen molar-refractivity contribution in [1.82, 2.24) is 14.9 Å². The first-order chi connectivity index (χ1) is 14.9. The second-order valence-corrected chi connectivity index (χ2v) is 9.48. The predicted molar refractivity (Wildman–Crippen MR) is 115 cm³/mol. The smallest absolute Gasteiger partial charge is 0.319 e. The molecule has 1 N–H and O–H groups in total. The lowest BCUT2D eigenvalue weighted by molar-refractivity contribution is 0.0597. The van der Waals surface area contributed by atoms with E-state index in [0.717, 1.165) is 19.4 Å². The molecule has 31 heavy (non-hydrogen) atoms. The fraction of sp³-hybridized carbons (Fsp3) is 0.619. The van der Waals surface area contributed by atoms with Crippen LogP contribution < -0.4 is 9.64 Å². The summed E-state index contributed by atoms with van der Waals surface area (Å²) < 4.78 is 40.7. The first kappa shape index (κ1) is 21.2. The van der Waals surface area contributed by atoms with Crippen molar-refractivity contribution in [3.05, 3.63) is 22.4 Å². The van der Waals surface area contributed by atoms with Crippen LogP contribution in [0.15, 0.2) is 16.6 Å². The summed E-state index contributed by atoms with van der Waals surface area (Å²) in [4.78, 5) is 13.0. The summed E-state index contributed by atoms with van der Waals surface area (Å²) in [7, 11) is 0. The van der Waals surface area contributed by atoms with Crippen LogP contribution in [0, 0.1) is 5.82 Å². The van der Waals surface area contributed by atoms with Gasteiger partial charge >= 0.3 is 6.01 Å². The number of aliphatic hydroxyl groups excluding tert-OH is 1. The normalized spacial score (nSPS) is 29.4. The minimum Gasteiger partial charge on any atom is -0.461 e. The number of aromatic nitrogens is 2. The van der Waals surface area contributed by atoms with Crippen molar-refractivity contribution in [2.75, 3.05) is 50.9 Å². The van der Waals surface area contributed by atoms with E-state index in [0.29, 0.717) is 48.3 Å². The topological polar surface area (TPSA) is 71.0 Å². The van der Waals surface area contributed by atoms with Gasteiger partial charge in [0.05, 0.1) is 29.3 Å². The highest BCUT2D eigenvalue weighted by Gasteiger charge is 2.49. The zero-order valence-electron chi connectivity index (χ0n) is 17.1. The average molecular weight is 499 g/mol. The monoisotopic (exact) mass is 498 g/mol. The Hall–Kier alpha value is -1.62. The standard InChI is InChI=1S/C21H25BrF2N4O3/c22-16-3-2-15-18(17(16)24)25-20(26-19(15)27-6-7-30-11-14(29)10-27)31-12-21-4-1-5-28(21)9-13(23)8-21/h2-3,13-14,29H,1,4-12H2/t13-,14+,21+/m1/s1. The van der Waals surface area contributed by atoms with E-state index in [1.165, 1.54) is 0 Å². The van der Waals surface area contributed by atoms with Crippen LogP contribution in [0.2, 0.25) is 0 Å². The molecule has 7 nitrogen and oxygen atoms in total. The second kappa shape index (κ2) is 8.38. The Balaban J connectivity index is 1.50. The summed E-state index contributed by atoms with van der Waals surface area (Å²) in [6, 6.07) is 3.43. The molecule has 10 heteroatoms. The van der Waals surface area contributed by atoms with Gasteiger partial charge in [-0.2, -0.15) is 9.97 Å². The summed E-state index contributed by atoms with van der Waals surface area (Å²) in [5.74, 6) is -0.00511. The Bertz CT molecular complexity index is 983. The lowest BCUT2D eigenvalue weighted by Gasteiger charge is -2.31. The van der Waals surface area contributed by atoms with Gasteiger partial charge in [0.15, 0.2) is 5.82 Å². The molecule has 3 saturated heterocycles. The summed E-state index contributed by atoms with van der Waals surface area (Å²) in [5.41, 5.74) is -0.204. The first-order valence-electron chi connectivity index (χ1n) is 10.6. The number of anilines is 1. The van der Waals surface area contributed by atoms with Crippen molar-refractivity contribution in [2.45, 2.75) is 37.1 Å². The number of rotatable bonds is 4. The highest BCUT2D eigenvalue weighted by molar-refractivity contribution is 9.10. The third kappa shape index (κ3) is 3.99. The Morgan fingerprint density at radius 1 is 1.29 bits per heavy atom. The van der Waals surface area contributed by atoms with Crippen LogP contribution >= 0.6 is 15.9 Å². The molecule has 168 valence electrons. The number of benzene rings is 1. The van der Waals surface area contributed by atoms with E-state index in [2.05, 4.69) is 30.8 Å². The molecule has 5 rings (SSSR count). The molecule has 0 amide bonds. The number of hydrogen-bond acceptors (Lipinski definition) is 7. The average Bonchev–Trinajstić information content (AvgIpc) is 3.17. The molecule has 0 radical (unpaired) electrons. The summed E-state index contributed by atoms with van der Waals surface area (Å²) in [6.45, 7) is 3.03. The summed E-state index contributed by atoms with van der Waals surface area (Å²) in [6.07, 6.45) is 0.770. The van der Waals surface area contributed by atoms with E-state index in [9.17, 15) is 13.9 Å². The molecular formula is C21H25BrF2N4O3. The van der Waals surface area contributed by atoms with E-state index < -0.39 is 18.1 Å². The van der Waals surface area contributed by atoms with E-state index in [1.807, 2.05) is 4.90 Å². The fourth-order valence-corrected chi connectivity index (χ4v) is 5.36. The predicted octanol–water partition coefficient (Wildman–Crippen LogP) is 2.68. The van der Waals surface area contributed by atoms with Gasteiger partial charge in [-0.05, 0) is 47.4 Å². The maximum absolute atomic E-state index is 14.9. The number of nitrogens with zero attached hydrogens (tertiary/aromatic N) is 4. The number of alkyl halides is 1. The Labute approximate surface area is 187 Å². The number of β-amino-alcohol motifs (C(OH)–C–C–N with tert-alkyl or cyclic N) is 1. The molecule has 2 aromatic rings. The third-order valence-corrected chi connectivity index (χ3v) is 7.11. The van der Waals surface area contributed by atoms with Crippen LogP contribution in [-0.2, 0) is 4.74 Å². The van der Waals surface area contributed by atoms with E-state index in [1.54, 1.807) is 12.1 Å². The van der Waals surface area contributed by atoms with Crippen molar-refractivity contribution in [3.63, 3.8) is 0 Å². The van der Waals surface area contributed by atoms with Gasteiger partial charge in [-0.3, -0.25) is 4.90 Å². The first-order valence-corrected chi connectivity index (χ1v) is 11.4. The maximum atomic E-state index is 14.9. The molecule has 3 aliphatic heterocycles. The van der Waals surface area contributed by atoms with Gasteiger partial charge in [0, 0.05) is 31.4 Å². The SMILES string of the molecule is O[C@@H]1COCCN(c2nc(OC[C@@]34CCCN3C[C@H](F)C4)nc3c(F)c(Br)ccc23)C1. The highest BCUT2D eigenvalue weighted by Crippen LogP contribution is 2.40. The van der Waals surface area contributed by atoms with Gasteiger partial charge in [-0.25, -0.2) is 8.78 Å². The number of fused-ring (bicyclic) bond motifs is 2. The van der Waals surface area contributed by atoms with Crippen molar-refractivity contribution in [2.24, 2.45) is 0 Å². The molecule has 3 fully saturated rings. The van der Waals surface area contributed by atoms with Crippen molar-refractivity contribution >= 4 is 32.7 Å². The van der Waals surface area contributed by atoms with E-state index >= 15 is 0 Å². The summed E-state index contributed by atoms with van der Waals surface area (Å²) >= 11 is 3.22. The van der Waals surface area contributed by atoms with Crippen molar-refractivity contribution in [3.8, 4) is 6.01 Å². The van der Waals surface area contributed by atoms with Gasteiger partial charge in [-0.1, -0.05) is 0 Å². The van der Waals surface area contributed by atoms with Gasteiger partial charge in [-0.15, -0.1) is 0 Å². The molecule has 0 unspecified atom stereocenters. The van der Waals surface area contributed by atoms with Crippen LogP contribution in [-0.4, -0.2) is 83.8 Å². The van der Waals surface area contributed by atoms with E-state index in [-0.39, 0.29) is 30.3 Å². The Kier molecular flexibility index (Phi) is 5.74. The number of halogens is 3. The molecular weight excluding hydrogens is 474 g/mol. The van der Waals surface area contributed by atoms with Gasteiger partial charge < -0.3 is 19.5 Å². The van der Waals surface area contributed by atoms with Crippen LogP contribution in [0.5, 0.6) is 6.01 Å². The van der Waals surface area contributed by atoms with Gasteiger partial charge in [0.25, 0.3) is 0 Å².